The summed E-state index contributed by atoms with van der Waals surface area (Å²) in [6, 6.07) is 14.7. The average molecular weight is 360 g/mol. The quantitative estimate of drug-likeness (QED) is 0.671. The molecule has 1 saturated heterocycles. The Labute approximate surface area is 159 Å². The van der Waals surface area contributed by atoms with Gasteiger partial charge in [-0.3, -0.25) is 9.59 Å². The van der Waals surface area contributed by atoms with Gasteiger partial charge in [-0.15, -0.1) is 0 Å². The maximum Gasteiger partial charge on any atom is 0.271 e. The molecule has 4 heteroatoms. The lowest BCUT2D eigenvalue weighted by Gasteiger charge is -2.26. The van der Waals surface area contributed by atoms with E-state index in [0.717, 1.165) is 30.6 Å². The molecule has 4 rings (SSSR count). The fourth-order valence-electron chi connectivity index (χ4n) is 4.51. The van der Waals surface area contributed by atoms with Crippen LogP contribution in [0.1, 0.15) is 63.5 Å². The largest absolute Gasteiger partial charge is 0.354 e. The fraction of sp³-hybridized carbons (Fsp3) is 0.304. The van der Waals surface area contributed by atoms with Crippen molar-refractivity contribution in [1.29, 1.82) is 0 Å². The zero-order chi connectivity index (χ0) is 19.1. The van der Waals surface area contributed by atoms with Gasteiger partial charge in [0.1, 0.15) is 5.69 Å². The first-order valence-corrected chi connectivity index (χ1v) is 9.47. The molecule has 2 heterocycles. The number of hydrogen-bond acceptors (Lipinski definition) is 2. The number of likely N-dealkylation sites (tertiary alicyclic amines) is 1. The number of nitrogens with zero attached hydrogens (tertiary/aromatic N) is 1. The van der Waals surface area contributed by atoms with Crippen molar-refractivity contribution in [1.82, 2.24) is 9.88 Å². The molecular formula is C23H24N2O2. The van der Waals surface area contributed by atoms with Crippen LogP contribution in [0.15, 0.2) is 42.5 Å². The van der Waals surface area contributed by atoms with Crippen LogP contribution in [0.3, 0.4) is 0 Å². The molecule has 0 saturated carbocycles. The number of hydrogen-bond donors (Lipinski definition) is 1. The van der Waals surface area contributed by atoms with Crippen LogP contribution in [0.5, 0.6) is 0 Å². The van der Waals surface area contributed by atoms with E-state index in [1.807, 2.05) is 30.9 Å². The molecule has 27 heavy (non-hydrogen) atoms. The number of H-pyrrole nitrogens is 1. The van der Waals surface area contributed by atoms with Crippen LogP contribution in [0.25, 0.3) is 10.8 Å². The minimum atomic E-state index is -0.0152. The zero-order valence-corrected chi connectivity index (χ0v) is 16.0. The first-order chi connectivity index (χ1) is 13.0. The number of aromatic amines is 1. The van der Waals surface area contributed by atoms with E-state index in [4.69, 9.17) is 0 Å². The van der Waals surface area contributed by atoms with Gasteiger partial charge >= 0.3 is 0 Å². The lowest BCUT2D eigenvalue weighted by atomic mass is 9.97. The molecule has 4 nitrogen and oxygen atoms in total. The van der Waals surface area contributed by atoms with Crippen molar-refractivity contribution in [2.45, 2.75) is 39.7 Å². The van der Waals surface area contributed by atoms with Crippen molar-refractivity contribution in [3.8, 4) is 0 Å². The Morgan fingerprint density at radius 2 is 1.81 bits per heavy atom. The van der Waals surface area contributed by atoms with E-state index < -0.39 is 0 Å². The summed E-state index contributed by atoms with van der Waals surface area (Å²) >= 11 is 0. The van der Waals surface area contributed by atoms with Gasteiger partial charge in [-0.2, -0.15) is 0 Å². The second-order valence-corrected chi connectivity index (χ2v) is 7.41. The van der Waals surface area contributed by atoms with Gasteiger partial charge in [0.15, 0.2) is 5.78 Å². The minimum Gasteiger partial charge on any atom is -0.354 e. The van der Waals surface area contributed by atoms with Crippen molar-refractivity contribution < 1.29 is 9.59 Å². The van der Waals surface area contributed by atoms with Crippen molar-refractivity contribution >= 4 is 22.5 Å². The summed E-state index contributed by atoms with van der Waals surface area (Å²) in [7, 11) is 0. The van der Waals surface area contributed by atoms with E-state index in [1.165, 1.54) is 16.3 Å². The second-order valence-electron chi connectivity index (χ2n) is 7.41. The molecule has 0 spiro atoms. The number of fused-ring (bicyclic) bond motifs is 1. The highest BCUT2D eigenvalue weighted by molar-refractivity contribution is 6.02. The molecule has 1 aromatic heterocycles. The molecule has 0 radical (unpaired) electrons. The lowest BCUT2D eigenvalue weighted by molar-refractivity contribution is 0.0730. The molecule has 0 aliphatic carbocycles. The van der Waals surface area contributed by atoms with Gasteiger partial charge in [0.2, 0.25) is 0 Å². The summed E-state index contributed by atoms with van der Waals surface area (Å²) in [4.78, 5) is 30.4. The van der Waals surface area contributed by atoms with Crippen molar-refractivity contribution in [2.24, 2.45) is 0 Å². The Hall–Kier alpha value is -2.88. The third-order valence-electron chi connectivity index (χ3n) is 5.70. The van der Waals surface area contributed by atoms with E-state index in [0.29, 0.717) is 11.3 Å². The lowest BCUT2D eigenvalue weighted by Crippen LogP contribution is -2.31. The summed E-state index contributed by atoms with van der Waals surface area (Å²) in [5, 5.41) is 2.40. The number of ketones is 1. The van der Waals surface area contributed by atoms with E-state index in [1.54, 1.807) is 6.92 Å². The van der Waals surface area contributed by atoms with E-state index in [2.05, 4.69) is 35.3 Å². The first-order valence-electron chi connectivity index (χ1n) is 9.47. The molecule has 3 aromatic rings. The monoisotopic (exact) mass is 360 g/mol. The van der Waals surface area contributed by atoms with Crippen LogP contribution in [-0.2, 0) is 0 Å². The molecule has 1 aliphatic rings. The van der Waals surface area contributed by atoms with Crippen LogP contribution < -0.4 is 0 Å². The first kappa shape index (κ1) is 17.5. The number of carbonyl (C=O) groups excluding carboxylic acids is 2. The van der Waals surface area contributed by atoms with Gasteiger partial charge in [0, 0.05) is 17.8 Å². The molecule has 1 aliphatic heterocycles. The molecule has 0 bridgehead atoms. The van der Waals surface area contributed by atoms with Gasteiger partial charge in [0.05, 0.1) is 6.04 Å². The molecule has 1 atom stereocenters. The number of aryl methyl sites for hydroxylation is 1. The summed E-state index contributed by atoms with van der Waals surface area (Å²) < 4.78 is 0. The minimum absolute atomic E-state index is 0.00711. The van der Waals surface area contributed by atoms with Gasteiger partial charge in [0.25, 0.3) is 5.91 Å². The van der Waals surface area contributed by atoms with Gasteiger partial charge in [-0.1, -0.05) is 42.5 Å². The van der Waals surface area contributed by atoms with Crippen LogP contribution >= 0.6 is 0 Å². The van der Waals surface area contributed by atoms with Crippen LogP contribution in [-0.4, -0.2) is 28.1 Å². The third kappa shape index (κ3) is 2.85. The third-order valence-corrected chi connectivity index (χ3v) is 5.70. The number of nitrogens with one attached hydrogen (secondary N) is 1. The Kier molecular flexibility index (Phi) is 4.34. The van der Waals surface area contributed by atoms with Gasteiger partial charge < -0.3 is 9.88 Å². The topological polar surface area (TPSA) is 53.2 Å². The number of rotatable bonds is 3. The highest BCUT2D eigenvalue weighted by atomic mass is 16.2. The Balaban J connectivity index is 1.75. The number of Topliss-reactive ketones (excluding diaryl/α,β-unsaturated/α-hetero) is 1. The van der Waals surface area contributed by atoms with Gasteiger partial charge in [-0.05, 0) is 55.5 Å². The van der Waals surface area contributed by atoms with Gasteiger partial charge in [-0.25, -0.2) is 0 Å². The Bertz CT molecular complexity index is 1040. The molecule has 1 amide bonds. The molecule has 1 unspecified atom stereocenters. The number of aromatic nitrogens is 1. The predicted molar refractivity (Wildman–Crippen MR) is 107 cm³/mol. The zero-order valence-electron chi connectivity index (χ0n) is 16.0. The predicted octanol–water partition coefficient (Wildman–Crippen LogP) is 4.96. The van der Waals surface area contributed by atoms with Crippen molar-refractivity contribution in [2.75, 3.05) is 6.54 Å². The summed E-state index contributed by atoms with van der Waals surface area (Å²) in [6.07, 6.45) is 1.94. The molecule has 138 valence electrons. The summed E-state index contributed by atoms with van der Waals surface area (Å²) in [5.74, 6) is -0.0224. The smallest absolute Gasteiger partial charge is 0.271 e. The molecular weight excluding hydrogens is 336 g/mol. The fourth-order valence-corrected chi connectivity index (χ4v) is 4.51. The van der Waals surface area contributed by atoms with E-state index in [-0.39, 0.29) is 17.7 Å². The Morgan fingerprint density at radius 1 is 1.07 bits per heavy atom. The average Bonchev–Trinajstić information content (AvgIpc) is 3.25. The van der Waals surface area contributed by atoms with Crippen molar-refractivity contribution in [3.63, 3.8) is 0 Å². The standard InChI is InChI=1S/C23H24N2O2/c1-14-21(16(3)26)15(2)24-22(14)23(27)25-13-7-12-20(25)19-11-6-9-17-8-4-5-10-18(17)19/h4-6,8-11,20,24H,7,12-13H2,1-3H3. The van der Waals surface area contributed by atoms with Crippen LogP contribution in [0, 0.1) is 13.8 Å². The molecule has 1 fully saturated rings. The molecule has 1 N–H and O–H groups in total. The number of benzene rings is 2. The van der Waals surface area contributed by atoms with Crippen LogP contribution in [0.2, 0.25) is 0 Å². The van der Waals surface area contributed by atoms with Crippen molar-refractivity contribution in [3.05, 3.63) is 70.5 Å². The van der Waals surface area contributed by atoms with E-state index >= 15 is 0 Å². The number of carbonyl (C=O) groups is 2. The molecule has 2 aromatic carbocycles. The summed E-state index contributed by atoms with van der Waals surface area (Å²) in [6.45, 7) is 6.00. The maximum atomic E-state index is 13.4. The number of amides is 1. The second kappa shape index (κ2) is 6.69. The normalized spacial score (nSPS) is 16.9. The SMILES string of the molecule is CC(=O)c1c(C)[nH]c(C(=O)N2CCCC2c2cccc3ccccc23)c1C. The summed E-state index contributed by atoms with van der Waals surface area (Å²) in [5.41, 5.74) is 3.91. The van der Waals surface area contributed by atoms with Crippen LogP contribution in [0.4, 0.5) is 0 Å². The highest BCUT2D eigenvalue weighted by Crippen LogP contribution is 2.37. The Morgan fingerprint density at radius 3 is 2.56 bits per heavy atom. The maximum absolute atomic E-state index is 13.4. The van der Waals surface area contributed by atoms with E-state index in [9.17, 15) is 9.59 Å². The highest BCUT2D eigenvalue weighted by Gasteiger charge is 2.33.